The van der Waals surface area contributed by atoms with E-state index in [2.05, 4.69) is 6.29 Å². The first-order valence-electron chi connectivity index (χ1n) is 8.31. The minimum absolute atomic E-state index is 0.234. The number of rotatable bonds is 1. The molecular formula is C17H31O. The van der Waals surface area contributed by atoms with Crippen LogP contribution in [0.5, 0.6) is 0 Å². The van der Waals surface area contributed by atoms with Gasteiger partial charge in [-0.1, -0.05) is 83.5 Å². The molecule has 1 saturated carbocycles. The Kier molecular flexibility index (Phi) is 10.3. The smallest absolute Gasteiger partial charge is 0.201 e. The van der Waals surface area contributed by atoms with Gasteiger partial charge in [0.15, 0.2) is 0 Å². The third-order valence-electron chi connectivity index (χ3n) is 4.27. The third kappa shape index (κ3) is 8.72. The summed E-state index contributed by atoms with van der Waals surface area (Å²) in [6.07, 6.45) is 22.2. The molecule has 105 valence electrons. The van der Waals surface area contributed by atoms with Crippen LogP contribution in [0, 0.1) is 5.92 Å². The van der Waals surface area contributed by atoms with Gasteiger partial charge in [-0.2, -0.15) is 0 Å². The summed E-state index contributed by atoms with van der Waals surface area (Å²) in [6, 6.07) is 0. The van der Waals surface area contributed by atoms with Crippen LogP contribution in [0.15, 0.2) is 0 Å². The zero-order valence-electron chi connectivity index (χ0n) is 12.1. The predicted octanol–water partition coefficient (Wildman–Crippen LogP) is 5.58. The Morgan fingerprint density at radius 1 is 0.500 bits per heavy atom. The van der Waals surface area contributed by atoms with Crippen LogP contribution in [0.2, 0.25) is 0 Å². The summed E-state index contributed by atoms with van der Waals surface area (Å²) in [5.41, 5.74) is 0. The van der Waals surface area contributed by atoms with Crippen LogP contribution >= 0.6 is 0 Å². The van der Waals surface area contributed by atoms with Crippen molar-refractivity contribution in [3.05, 3.63) is 0 Å². The Hall–Kier alpha value is -0.330. The molecule has 1 heteroatoms. The van der Waals surface area contributed by atoms with E-state index in [1.54, 1.807) is 0 Å². The van der Waals surface area contributed by atoms with Crippen molar-refractivity contribution < 1.29 is 4.79 Å². The first-order valence-corrected chi connectivity index (χ1v) is 8.31. The highest BCUT2D eigenvalue weighted by Gasteiger charge is 2.08. The van der Waals surface area contributed by atoms with Crippen LogP contribution in [0.3, 0.4) is 0 Å². The van der Waals surface area contributed by atoms with Gasteiger partial charge in [0.05, 0.1) is 0 Å². The molecule has 1 nitrogen and oxygen atoms in total. The fourth-order valence-electron chi connectivity index (χ4n) is 2.99. The van der Waals surface area contributed by atoms with Crippen molar-refractivity contribution in [2.75, 3.05) is 0 Å². The molecule has 0 heterocycles. The summed E-state index contributed by atoms with van der Waals surface area (Å²) >= 11 is 0. The van der Waals surface area contributed by atoms with Crippen molar-refractivity contribution in [2.45, 2.75) is 96.3 Å². The molecule has 1 aliphatic rings. The molecule has 1 fully saturated rings. The Labute approximate surface area is 114 Å². The largest absolute Gasteiger partial charge is 0.291 e. The monoisotopic (exact) mass is 251 g/mol. The molecule has 0 aromatic rings. The van der Waals surface area contributed by atoms with Gasteiger partial charge in [-0.3, -0.25) is 4.79 Å². The molecule has 0 spiro atoms. The van der Waals surface area contributed by atoms with E-state index in [0.29, 0.717) is 0 Å². The van der Waals surface area contributed by atoms with Gasteiger partial charge in [-0.05, 0) is 12.8 Å². The maximum absolute atomic E-state index is 10.9. The fraction of sp³-hybridized carbons (Fsp3) is 0.941. The number of carbonyl (C=O) groups excluding carboxylic acids is 1. The summed E-state index contributed by atoms with van der Waals surface area (Å²) < 4.78 is 0. The zero-order valence-corrected chi connectivity index (χ0v) is 12.1. The summed E-state index contributed by atoms with van der Waals surface area (Å²) in [4.78, 5) is 10.9. The summed E-state index contributed by atoms with van der Waals surface area (Å²) in [6.45, 7) is 0. The molecule has 0 bridgehead atoms. The average molecular weight is 251 g/mol. The Morgan fingerprint density at radius 3 is 1.06 bits per heavy atom. The molecule has 1 radical (unpaired) electrons. The fourth-order valence-corrected chi connectivity index (χ4v) is 2.99. The minimum atomic E-state index is 0.234. The maximum Gasteiger partial charge on any atom is 0.201 e. The van der Waals surface area contributed by atoms with Crippen LogP contribution in [-0.2, 0) is 4.79 Å². The molecular weight excluding hydrogens is 220 g/mol. The van der Waals surface area contributed by atoms with Gasteiger partial charge < -0.3 is 0 Å². The van der Waals surface area contributed by atoms with E-state index in [4.69, 9.17) is 0 Å². The first-order chi connectivity index (χ1) is 8.93. The summed E-state index contributed by atoms with van der Waals surface area (Å²) in [5, 5.41) is 0. The number of hydrogen-bond donors (Lipinski definition) is 0. The second-order valence-electron chi connectivity index (χ2n) is 5.99. The van der Waals surface area contributed by atoms with Gasteiger partial charge in [-0.15, -0.1) is 0 Å². The zero-order chi connectivity index (χ0) is 12.9. The molecule has 0 saturated heterocycles. The maximum atomic E-state index is 10.9. The van der Waals surface area contributed by atoms with Gasteiger partial charge in [0, 0.05) is 5.92 Å². The molecule has 0 aliphatic heterocycles. The van der Waals surface area contributed by atoms with E-state index in [-0.39, 0.29) is 5.92 Å². The van der Waals surface area contributed by atoms with E-state index in [9.17, 15) is 4.79 Å². The highest BCUT2D eigenvalue weighted by Crippen LogP contribution is 2.19. The van der Waals surface area contributed by atoms with E-state index in [0.717, 1.165) is 12.8 Å². The van der Waals surface area contributed by atoms with Crippen LogP contribution in [0.1, 0.15) is 96.3 Å². The normalized spacial score (nSPS) is 23.6. The van der Waals surface area contributed by atoms with Crippen LogP contribution in [-0.4, -0.2) is 6.29 Å². The molecule has 0 aromatic carbocycles. The van der Waals surface area contributed by atoms with Gasteiger partial charge >= 0.3 is 0 Å². The Bertz CT molecular complexity index is 172. The topological polar surface area (TPSA) is 17.1 Å². The molecule has 1 aliphatic carbocycles. The molecule has 18 heavy (non-hydrogen) atoms. The second-order valence-corrected chi connectivity index (χ2v) is 5.99. The lowest BCUT2D eigenvalue weighted by atomic mass is 9.95. The van der Waals surface area contributed by atoms with Crippen molar-refractivity contribution in [3.8, 4) is 0 Å². The van der Waals surface area contributed by atoms with Crippen LogP contribution in [0.25, 0.3) is 0 Å². The van der Waals surface area contributed by atoms with E-state index < -0.39 is 0 Å². The van der Waals surface area contributed by atoms with Gasteiger partial charge in [0.2, 0.25) is 6.29 Å². The second kappa shape index (κ2) is 11.7. The van der Waals surface area contributed by atoms with E-state index in [1.807, 2.05) is 0 Å². The lowest BCUT2D eigenvalue weighted by molar-refractivity contribution is 0.445. The Balaban J connectivity index is 2.17. The molecule has 0 unspecified atom stereocenters. The van der Waals surface area contributed by atoms with Crippen molar-refractivity contribution in [1.82, 2.24) is 0 Å². The van der Waals surface area contributed by atoms with E-state index in [1.165, 1.54) is 83.5 Å². The SMILES string of the molecule is O=[C]C1CCCCCCCCCCCCCCC1. The lowest BCUT2D eigenvalue weighted by Crippen LogP contribution is -2.02. The average Bonchev–Trinajstić information content (AvgIpc) is 2.39. The summed E-state index contributed by atoms with van der Waals surface area (Å²) in [5.74, 6) is 0.234. The highest BCUT2D eigenvalue weighted by atomic mass is 16.1. The molecule has 1 rings (SSSR count). The van der Waals surface area contributed by atoms with Gasteiger partial charge in [0.25, 0.3) is 0 Å². The van der Waals surface area contributed by atoms with Crippen molar-refractivity contribution in [2.24, 2.45) is 5.92 Å². The Morgan fingerprint density at radius 2 is 0.778 bits per heavy atom. The van der Waals surface area contributed by atoms with Crippen molar-refractivity contribution in [1.29, 1.82) is 0 Å². The van der Waals surface area contributed by atoms with Gasteiger partial charge in [0.1, 0.15) is 0 Å². The molecule has 0 atom stereocenters. The van der Waals surface area contributed by atoms with Crippen LogP contribution in [0.4, 0.5) is 0 Å². The minimum Gasteiger partial charge on any atom is -0.291 e. The highest BCUT2D eigenvalue weighted by molar-refractivity contribution is 5.54. The molecule has 0 aromatic heterocycles. The number of hydrogen-bond acceptors (Lipinski definition) is 1. The van der Waals surface area contributed by atoms with Crippen LogP contribution < -0.4 is 0 Å². The quantitative estimate of drug-likeness (QED) is 0.594. The molecule has 0 N–H and O–H groups in total. The standard InChI is InChI=1S/C17H31O/c18-16-17-14-12-10-8-6-4-2-1-3-5-7-9-11-13-15-17/h17H,1-15H2. The van der Waals surface area contributed by atoms with Crippen molar-refractivity contribution >= 4 is 6.29 Å². The predicted molar refractivity (Wildman–Crippen MR) is 78.4 cm³/mol. The van der Waals surface area contributed by atoms with E-state index >= 15 is 0 Å². The first kappa shape index (κ1) is 15.7. The third-order valence-corrected chi connectivity index (χ3v) is 4.27. The summed E-state index contributed by atoms with van der Waals surface area (Å²) in [7, 11) is 0. The van der Waals surface area contributed by atoms with Crippen molar-refractivity contribution in [3.63, 3.8) is 0 Å². The van der Waals surface area contributed by atoms with Gasteiger partial charge in [-0.25, -0.2) is 0 Å². The lowest BCUT2D eigenvalue weighted by Gasteiger charge is -2.10. The molecule has 0 amide bonds.